The molecule has 1 N–H and O–H groups in total. The molecule has 3 aromatic carbocycles. The number of nitrogens with one attached hydrogen (secondary N) is 1. The average molecular weight is 333 g/mol. The first-order chi connectivity index (χ1) is 12.1. The van der Waals surface area contributed by atoms with Crippen LogP contribution in [0.4, 0.5) is 5.69 Å². The Balaban J connectivity index is 1.80. The van der Waals surface area contributed by atoms with E-state index in [1.165, 1.54) is 5.56 Å². The maximum absolute atomic E-state index is 12.7. The molecule has 0 aliphatic rings. The van der Waals surface area contributed by atoms with E-state index in [1.54, 1.807) is 0 Å². The maximum atomic E-state index is 12.7. The first-order valence-corrected chi connectivity index (χ1v) is 8.61. The van der Waals surface area contributed by atoms with Gasteiger partial charge in [-0.2, -0.15) is 0 Å². The molecule has 25 heavy (non-hydrogen) atoms. The van der Waals surface area contributed by atoms with Gasteiger partial charge in [0.15, 0.2) is 6.10 Å². The summed E-state index contributed by atoms with van der Waals surface area (Å²) >= 11 is 0. The van der Waals surface area contributed by atoms with E-state index in [-0.39, 0.29) is 5.91 Å². The molecule has 0 aromatic heterocycles. The topological polar surface area (TPSA) is 38.3 Å². The van der Waals surface area contributed by atoms with Crippen molar-refractivity contribution in [1.29, 1.82) is 0 Å². The number of carbonyl (C=O) groups is 1. The number of carbonyl (C=O) groups excluding carboxylic acids is 1. The van der Waals surface area contributed by atoms with Crippen LogP contribution in [0.3, 0.4) is 0 Å². The van der Waals surface area contributed by atoms with Crippen molar-refractivity contribution in [3.05, 3.63) is 71.8 Å². The molecule has 1 atom stereocenters. The highest BCUT2D eigenvalue weighted by atomic mass is 16.5. The highest BCUT2D eigenvalue weighted by Crippen LogP contribution is 2.25. The van der Waals surface area contributed by atoms with Gasteiger partial charge in [0.25, 0.3) is 5.91 Å². The van der Waals surface area contributed by atoms with Crippen molar-refractivity contribution in [2.45, 2.75) is 33.3 Å². The molecule has 0 radical (unpaired) electrons. The monoisotopic (exact) mass is 333 g/mol. The number of hydrogen-bond donors (Lipinski definition) is 1. The van der Waals surface area contributed by atoms with E-state index in [1.807, 2.05) is 75.4 Å². The average Bonchev–Trinajstić information content (AvgIpc) is 2.61. The summed E-state index contributed by atoms with van der Waals surface area (Å²) < 4.78 is 5.98. The molecule has 3 rings (SSSR count). The van der Waals surface area contributed by atoms with E-state index in [0.29, 0.717) is 6.42 Å². The molecule has 0 aliphatic carbocycles. The zero-order valence-corrected chi connectivity index (χ0v) is 14.9. The first-order valence-electron chi connectivity index (χ1n) is 8.61. The second-order valence-corrected chi connectivity index (χ2v) is 6.30. The van der Waals surface area contributed by atoms with Gasteiger partial charge in [-0.05, 0) is 43.4 Å². The zero-order chi connectivity index (χ0) is 17.8. The minimum atomic E-state index is -0.527. The maximum Gasteiger partial charge on any atom is 0.265 e. The van der Waals surface area contributed by atoms with Gasteiger partial charge in [-0.1, -0.05) is 61.0 Å². The molecule has 0 aliphatic heterocycles. The Morgan fingerprint density at radius 1 is 1.04 bits per heavy atom. The van der Waals surface area contributed by atoms with Crippen molar-refractivity contribution >= 4 is 22.4 Å². The fourth-order valence-corrected chi connectivity index (χ4v) is 2.95. The Hall–Kier alpha value is -2.81. The van der Waals surface area contributed by atoms with Gasteiger partial charge in [0.05, 0.1) is 0 Å². The number of ether oxygens (including phenoxy) is 1. The zero-order valence-electron chi connectivity index (χ0n) is 14.9. The van der Waals surface area contributed by atoms with Crippen LogP contribution >= 0.6 is 0 Å². The summed E-state index contributed by atoms with van der Waals surface area (Å²) in [5, 5.41) is 5.15. The largest absolute Gasteiger partial charge is 0.480 e. The Bertz CT molecular complexity index is 896. The SMILES string of the molecule is CCC(Oc1ccc(C)cc1C)C(=O)Nc1cccc2ccccc12. The summed E-state index contributed by atoms with van der Waals surface area (Å²) in [6.07, 6.45) is 0.0737. The highest BCUT2D eigenvalue weighted by molar-refractivity contribution is 6.03. The summed E-state index contributed by atoms with van der Waals surface area (Å²) in [6, 6.07) is 19.9. The van der Waals surface area contributed by atoms with E-state index in [9.17, 15) is 4.79 Å². The molecule has 3 heteroatoms. The Labute approximate surface area is 148 Å². The van der Waals surface area contributed by atoms with Crippen molar-refractivity contribution in [2.75, 3.05) is 5.32 Å². The number of anilines is 1. The van der Waals surface area contributed by atoms with Crippen LogP contribution in [0.15, 0.2) is 60.7 Å². The third kappa shape index (κ3) is 3.82. The van der Waals surface area contributed by atoms with Crippen LogP contribution in [0, 0.1) is 13.8 Å². The van der Waals surface area contributed by atoms with Crippen LogP contribution in [0.25, 0.3) is 10.8 Å². The van der Waals surface area contributed by atoms with E-state index < -0.39 is 6.10 Å². The van der Waals surface area contributed by atoms with Crippen molar-refractivity contribution in [3.8, 4) is 5.75 Å². The lowest BCUT2D eigenvalue weighted by molar-refractivity contribution is -0.122. The van der Waals surface area contributed by atoms with Crippen LogP contribution in [0.1, 0.15) is 24.5 Å². The third-order valence-electron chi connectivity index (χ3n) is 4.31. The lowest BCUT2D eigenvalue weighted by Gasteiger charge is -2.19. The molecule has 0 saturated carbocycles. The van der Waals surface area contributed by atoms with Crippen LogP contribution in [-0.2, 0) is 4.79 Å². The smallest absolute Gasteiger partial charge is 0.265 e. The summed E-state index contributed by atoms with van der Waals surface area (Å²) in [7, 11) is 0. The number of fused-ring (bicyclic) bond motifs is 1. The van der Waals surface area contributed by atoms with Crippen LogP contribution in [-0.4, -0.2) is 12.0 Å². The Kier molecular flexibility index (Phi) is 5.03. The standard InChI is InChI=1S/C22H23NO2/c1-4-20(25-21-13-12-15(2)14-16(21)3)22(24)23-19-11-7-9-17-8-5-6-10-18(17)19/h5-14,20H,4H2,1-3H3,(H,23,24). The lowest BCUT2D eigenvalue weighted by Crippen LogP contribution is -2.32. The number of aryl methyl sites for hydroxylation is 2. The quantitative estimate of drug-likeness (QED) is 0.692. The second kappa shape index (κ2) is 7.39. The minimum Gasteiger partial charge on any atom is -0.480 e. The van der Waals surface area contributed by atoms with E-state index in [0.717, 1.165) is 27.8 Å². The van der Waals surface area contributed by atoms with Crippen molar-refractivity contribution in [2.24, 2.45) is 0 Å². The van der Waals surface area contributed by atoms with Crippen LogP contribution in [0.5, 0.6) is 5.75 Å². The minimum absolute atomic E-state index is 0.126. The summed E-state index contributed by atoms with van der Waals surface area (Å²) in [6.45, 7) is 6.00. The van der Waals surface area contributed by atoms with Crippen molar-refractivity contribution in [3.63, 3.8) is 0 Å². The summed E-state index contributed by atoms with van der Waals surface area (Å²) in [4.78, 5) is 12.7. The molecule has 0 heterocycles. The molecule has 3 nitrogen and oxygen atoms in total. The number of rotatable bonds is 5. The van der Waals surface area contributed by atoms with Gasteiger partial charge in [0.1, 0.15) is 5.75 Å². The number of benzene rings is 3. The van der Waals surface area contributed by atoms with Gasteiger partial charge in [-0.15, -0.1) is 0 Å². The summed E-state index contributed by atoms with van der Waals surface area (Å²) in [5.41, 5.74) is 3.03. The molecule has 1 unspecified atom stereocenters. The third-order valence-corrected chi connectivity index (χ3v) is 4.31. The van der Waals surface area contributed by atoms with Crippen LogP contribution in [0.2, 0.25) is 0 Å². The molecule has 0 fully saturated rings. The van der Waals surface area contributed by atoms with Gasteiger partial charge in [0, 0.05) is 11.1 Å². The highest BCUT2D eigenvalue weighted by Gasteiger charge is 2.20. The van der Waals surface area contributed by atoms with Crippen molar-refractivity contribution in [1.82, 2.24) is 0 Å². The number of amides is 1. The molecular weight excluding hydrogens is 310 g/mol. The Morgan fingerprint density at radius 2 is 1.80 bits per heavy atom. The second-order valence-electron chi connectivity index (χ2n) is 6.30. The fourth-order valence-electron chi connectivity index (χ4n) is 2.95. The van der Waals surface area contributed by atoms with Gasteiger partial charge in [-0.3, -0.25) is 4.79 Å². The number of hydrogen-bond acceptors (Lipinski definition) is 2. The molecule has 0 spiro atoms. The molecule has 0 bridgehead atoms. The lowest BCUT2D eigenvalue weighted by atomic mass is 10.1. The van der Waals surface area contributed by atoms with E-state index in [2.05, 4.69) is 11.4 Å². The van der Waals surface area contributed by atoms with Crippen LogP contribution < -0.4 is 10.1 Å². The molecular formula is C22H23NO2. The van der Waals surface area contributed by atoms with Gasteiger partial charge in [0.2, 0.25) is 0 Å². The van der Waals surface area contributed by atoms with E-state index >= 15 is 0 Å². The molecule has 128 valence electrons. The normalized spacial score (nSPS) is 12.0. The van der Waals surface area contributed by atoms with Gasteiger partial charge < -0.3 is 10.1 Å². The molecule has 0 saturated heterocycles. The summed E-state index contributed by atoms with van der Waals surface area (Å²) in [5.74, 6) is 0.629. The van der Waals surface area contributed by atoms with E-state index in [4.69, 9.17) is 4.74 Å². The fraction of sp³-hybridized carbons (Fsp3) is 0.227. The van der Waals surface area contributed by atoms with Crippen molar-refractivity contribution < 1.29 is 9.53 Å². The predicted molar refractivity (Wildman–Crippen MR) is 103 cm³/mol. The van der Waals surface area contributed by atoms with Gasteiger partial charge >= 0.3 is 0 Å². The Morgan fingerprint density at radius 3 is 2.56 bits per heavy atom. The predicted octanol–water partition coefficient (Wildman–Crippen LogP) is 5.25. The first kappa shape index (κ1) is 17.0. The molecule has 1 amide bonds. The molecule has 3 aromatic rings. The van der Waals surface area contributed by atoms with Gasteiger partial charge in [-0.25, -0.2) is 0 Å².